The summed E-state index contributed by atoms with van der Waals surface area (Å²) in [6, 6.07) is 1.97. The number of rotatable bonds is 3. The lowest BCUT2D eigenvalue weighted by atomic mass is 10.3. The molecule has 2 aromatic rings. The van der Waals surface area contributed by atoms with Gasteiger partial charge in [-0.3, -0.25) is 0 Å². The van der Waals surface area contributed by atoms with Gasteiger partial charge < -0.3 is 4.90 Å². The molecule has 0 bridgehead atoms. The van der Waals surface area contributed by atoms with E-state index >= 15 is 0 Å². The highest BCUT2D eigenvalue weighted by molar-refractivity contribution is 7.90. The summed E-state index contributed by atoms with van der Waals surface area (Å²) in [5, 5.41) is 4.22. The molecule has 0 radical (unpaired) electrons. The van der Waals surface area contributed by atoms with Crippen molar-refractivity contribution in [2.75, 3.05) is 31.1 Å². The Morgan fingerprint density at radius 3 is 2.52 bits per heavy atom. The van der Waals surface area contributed by atoms with Crippen LogP contribution in [-0.2, 0) is 10.0 Å². The largest absolute Gasteiger partial charge is 0.354 e. The summed E-state index contributed by atoms with van der Waals surface area (Å²) in [5.74, 6) is 1.49. The number of fused-ring (bicyclic) bond motifs is 1. The predicted molar refractivity (Wildman–Crippen MR) is 85.9 cm³/mol. The van der Waals surface area contributed by atoms with Gasteiger partial charge in [-0.15, -0.1) is 0 Å². The summed E-state index contributed by atoms with van der Waals surface area (Å²) in [5.41, 5.74) is 0.876. The summed E-state index contributed by atoms with van der Waals surface area (Å²) in [4.78, 5) is 10.6. The first-order valence-electron chi connectivity index (χ1n) is 7.83. The third kappa shape index (κ3) is 2.29. The first-order valence-corrected chi connectivity index (χ1v) is 9.27. The van der Waals surface area contributed by atoms with E-state index in [2.05, 4.69) is 20.0 Å². The van der Waals surface area contributed by atoms with Crippen LogP contribution in [0.4, 0.5) is 5.82 Å². The molecule has 2 fully saturated rings. The highest BCUT2D eigenvalue weighted by Gasteiger charge is 2.53. The molecule has 0 aromatic carbocycles. The van der Waals surface area contributed by atoms with Gasteiger partial charge in [0.2, 0.25) is 10.0 Å². The molecule has 8 nitrogen and oxygen atoms in total. The molecular weight excluding hydrogens is 316 g/mol. The van der Waals surface area contributed by atoms with Crippen molar-refractivity contribution in [1.29, 1.82) is 0 Å². The van der Waals surface area contributed by atoms with Gasteiger partial charge in [0.1, 0.15) is 12.1 Å². The third-order valence-electron chi connectivity index (χ3n) is 4.84. The number of hydrogen-bond donors (Lipinski definition) is 0. The van der Waals surface area contributed by atoms with Gasteiger partial charge in [0.25, 0.3) is 5.78 Å². The summed E-state index contributed by atoms with van der Waals surface area (Å²) >= 11 is 0. The Morgan fingerprint density at radius 1 is 1.17 bits per heavy atom. The molecule has 2 aromatic heterocycles. The molecule has 1 saturated heterocycles. The van der Waals surface area contributed by atoms with Crippen LogP contribution < -0.4 is 4.90 Å². The maximum Gasteiger partial charge on any atom is 0.254 e. The smallest absolute Gasteiger partial charge is 0.254 e. The second kappa shape index (κ2) is 4.88. The molecule has 1 aliphatic heterocycles. The van der Waals surface area contributed by atoms with Gasteiger partial charge in [-0.1, -0.05) is 0 Å². The molecule has 4 rings (SSSR count). The normalized spacial score (nSPS) is 21.7. The molecule has 0 unspecified atom stereocenters. The van der Waals surface area contributed by atoms with Crippen LogP contribution in [0, 0.1) is 6.92 Å². The van der Waals surface area contributed by atoms with Gasteiger partial charge in [-0.2, -0.15) is 18.9 Å². The van der Waals surface area contributed by atoms with Gasteiger partial charge in [-0.25, -0.2) is 13.4 Å². The van der Waals surface area contributed by atoms with Crippen molar-refractivity contribution < 1.29 is 8.42 Å². The SMILES string of the molecule is Cc1cc(N2CCN(S(=O)(=O)C3(C)CC3)CC2)n2ncnc2n1. The fourth-order valence-electron chi connectivity index (χ4n) is 3.04. The maximum absolute atomic E-state index is 12.6. The van der Waals surface area contributed by atoms with E-state index in [1.807, 2.05) is 19.9 Å². The van der Waals surface area contributed by atoms with E-state index in [-0.39, 0.29) is 0 Å². The van der Waals surface area contributed by atoms with Crippen molar-refractivity contribution in [3.63, 3.8) is 0 Å². The Kier molecular flexibility index (Phi) is 3.14. The quantitative estimate of drug-likeness (QED) is 0.808. The van der Waals surface area contributed by atoms with E-state index < -0.39 is 14.8 Å². The average molecular weight is 336 g/mol. The van der Waals surface area contributed by atoms with Gasteiger partial charge >= 0.3 is 0 Å². The van der Waals surface area contributed by atoms with E-state index in [1.165, 1.54) is 6.33 Å². The zero-order chi connectivity index (χ0) is 16.2. The Morgan fingerprint density at radius 2 is 1.87 bits per heavy atom. The van der Waals surface area contributed by atoms with Crippen molar-refractivity contribution >= 4 is 21.6 Å². The first-order chi connectivity index (χ1) is 10.9. The highest BCUT2D eigenvalue weighted by atomic mass is 32.2. The summed E-state index contributed by atoms with van der Waals surface area (Å²) in [6.45, 7) is 6.08. The number of sulfonamides is 1. The second-order valence-electron chi connectivity index (χ2n) is 6.57. The van der Waals surface area contributed by atoms with Gasteiger partial charge in [0.15, 0.2) is 0 Å². The lowest BCUT2D eigenvalue weighted by Gasteiger charge is -2.36. The molecule has 9 heteroatoms. The summed E-state index contributed by atoms with van der Waals surface area (Å²) < 4.78 is 28.0. The molecule has 23 heavy (non-hydrogen) atoms. The molecule has 124 valence electrons. The molecule has 0 spiro atoms. The predicted octanol–water partition coefficient (Wildman–Crippen LogP) is 0.437. The van der Waals surface area contributed by atoms with E-state index in [0.29, 0.717) is 32.0 Å². The molecule has 0 atom stereocenters. The third-order valence-corrected chi connectivity index (χ3v) is 7.54. The van der Waals surface area contributed by atoms with Crippen LogP contribution in [0.15, 0.2) is 12.4 Å². The topological polar surface area (TPSA) is 83.7 Å². The molecule has 1 aliphatic carbocycles. The van der Waals surface area contributed by atoms with Crippen molar-refractivity contribution in [3.8, 4) is 0 Å². The first kappa shape index (κ1) is 14.8. The molecule has 1 saturated carbocycles. The standard InChI is InChI=1S/C14H20N6O2S/c1-11-9-12(20-13(17-11)15-10-16-20)18-5-7-19(8-6-18)23(21,22)14(2)3-4-14/h9-10H,3-8H2,1-2H3. The maximum atomic E-state index is 12.6. The molecule has 2 aliphatic rings. The fourth-order valence-corrected chi connectivity index (χ4v) is 4.93. The second-order valence-corrected chi connectivity index (χ2v) is 9.02. The minimum absolute atomic E-state index is 0.509. The van der Waals surface area contributed by atoms with E-state index in [9.17, 15) is 8.42 Å². The van der Waals surface area contributed by atoms with Crippen LogP contribution in [-0.4, -0.2) is 63.2 Å². The number of anilines is 1. The monoisotopic (exact) mass is 336 g/mol. The van der Waals surface area contributed by atoms with Crippen molar-refractivity contribution in [1.82, 2.24) is 23.9 Å². The minimum Gasteiger partial charge on any atom is -0.354 e. The van der Waals surface area contributed by atoms with E-state index in [1.54, 1.807) is 8.82 Å². The van der Waals surface area contributed by atoms with Crippen LogP contribution in [0.1, 0.15) is 25.5 Å². The molecule has 3 heterocycles. The van der Waals surface area contributed by atoms with E-state index in [4.69, 9.17) is 0 Å². The number of aryl methyl sites for hydroxylation is 1. The minimum atomic E-state index is -3.17. The van der Waals surface area contributed by atoms with Crippen LogP contribution >= 0.6 is 0 Å². The van der Waals surface area contributed by atoms with E-state index in [0.717, 1.165) is 24.4 Å². The number of nitrogens with zero attached hydrogens (tertiary/aromatic N) is 6. The van der Waals surface area contributed by atoms with Crippen LogP contribution in [0.25, 0.3) is 5.78 Å². The number of piperazine rings is 1. The number of hydrogen-bond acceptors (Lipinski definition) is 6. The molecule has 0 N–H and O–H groups in total. The van der Waals surface area contributed by atoms with Gasteiger partial charge in [-0.05, 0) is 26.7 Å². The molecule has 0 amide bonds. The average Bonchev–Trinajstić information content (AvgIpc) is 3.12. The van der Waals surface area contributed by atoms with Crippen molar-refractivity contribution in [3.05, 3.63) is 18.1 Å². The zero-order valence-corrected chi connectivity index (χ0v) is 14.1. The summed E-state index contributed by atoms with van der Waals surface area (Å²) in [7, 11) is -3.17. The molecular formula is C14H20N6O2S. The van der Waals surface area contributed by atoms with Crippen molar-refractivity contribution in [2.45, 2.75) is 31.4 Å². The van der Waals surface area contributed by atoms with Crippen LogP contribution in [0.5, 0.6) is 0 Å². The Balaban J connectivity index is 1.56. The lowest BCUT2D eigenvalue weighted by molar-refractivity contribution is 0.376. The van der Waals surface area contributed by atoms with Crippen LogP contribution in [0.2, 0.25) is 0 Å². The Labute approximate surface area is 135 Å². The Hall–Kier alpha value is -1.74. The fraction of sp³-hybridized carbons (Fsp3) is 0.643. The number of aromatic nitrogens is 4. The van der Waals surface area contributed by atoms with Gasteiger partial charge in [0, 0.05) is 37.9 Å². The summed E-state index contributed by atoms with van der Waals surface area (Å²) in [6.07, 6.45) is 3.04. The van der Waals surface area contributed by atoms with Crippen molar-refractivity contribution in [2.24, 2.45) is 0 Å². The van der Waals surface area contributed by atoms with Gasteiger partial charge in [0.05, 0.1) is 4.75 Å². The Bertz CT molecular complexity index is 849. The lowest BCUT2D eigenvalue weighted by Crippen LogP contribution is -2.51. The van der Waals surface area contributed by atoms with Crippen LogP contribution in [0.3, 0.4) is 0 Å². The highest BCUT2D eigenvalue weighted by Crippen LogP contribution is 2.44. The zero-order valence-electron chi connectivity index (χ0n) is 13.3.